The van der Waals surface area contributed by atoms with E-state index in [1.54, 1.807) is 6.07 Å². The number of carbonyl (C=O) groups excluding carboxylic acids is 1. The maximum absolute atomic E-state index is 12.4. The summed E-state index contributed by atoms with van der Waals surface area (Å²) in [7, 11) is -3.55. The van der Waals surface area contributed by atoms with E-state index in [0.29, 0.717) is 10.7 Å². The molecular weight excluding hydrogens is 372 g/mol. The second-order valence-electron chi connectivity index (χ2n) is 6.51. The van der Waals surface area contributed by atoms with Gasteiger partial charge in [0, 0.05) is 6.54 Å². The number of nitrogens with one attached hydrogen (secondary N) is 1. The lowest BCUT2D eigenvalue weighted by Crippen LogP contribution is -2.37. The van der Waals surface area contributed by atoms with Gasteiger partial charge < -0.3 is 5.32 Å². The van der Waals surface area contributed by atoms with Crippen molar-refractivity contribution in [1.29, 1.82) is 0 Å². The number of hydrogen-bond donors (Lipinski definition) is 1. The van der Waals surface area contributed by atoms with Crippen molar-refractivity contribution in [2.24, 2.45) is 0 Å². The van der Waals surface area contributed by atoms with Gasteiger partial charge >= 0.3 is 0 Å². The summed E-state index contributed by atoms with van der Waals surface area (Å²) in [6.45, 7) is 5.54. The van der Waals surface area contributed by atoms with Gasteiger partial charge in [-0.1, -0.05) is 47.5 Å². The van der Waals surface area contributed by atoms with E-state index in [1.807, 2.05) is 51.1 Å². The van der Waals surface area contributed by atoms with Crippen molar-refractivity contribution in [3.8, 4) is 0 Å². The van der Waals surface area contributed by atoms with Crippen LogP contribution in [0.3, 0.4) is 0 Å². The van der Waals surface area contributed by atoms with Crippen LogP contribution in [0.5, 0.6) is 0 Å². The van der Waals surface area contributed by atoms with E-state index in [-0.39, 0.29) is 13.1 Å². The van der Waals surface area contributed by atoms with E-state index < -0.39 is 15.9 Å². The van der Waals surface area contributed by atoms with Crippen molar-refractivity contribution >= 4 is 33.2 Å². The van der Waals surface area contributed by atoms with Crippen LogP contribution in [0.4, 0.5) is 5.69 Å². The molecule has 26 heavy (non-hydrogen) atoms. The first-order chi connectivity index (χ1) is 12.1. The van der Waals surface area contributed by atoms with Crippen LogP contribution in [-0.2, 0) is 21.4 Å². The van der Waals surface area contributed by atoms with Crippen molar-refractivity contribution < 1.29 is 13.2 Å². The molecule has 0 fully saturated rings. The average molecular weight is 395 g/mol. The van der Waals surface area contributed by atoms with E-state index in [2.05, 4.69) is 5.32 Å². The van der Waals surface area contributed by atoms with Crippen molar-refractivity contribution in [3.63, 3.8) is 0 Å². The van der Waals surface area contributed by atoms with Gasteiger partial charge in [-0.3, -0.25) is 4.79 Å². The van der Waals surface area contributed by atoms with Crippen molar-refractivity contribution in [2.45, 2.75) is 27.3 Å². The predicted octanol–water partition coefficient (Wildman–Crippen LogP) is 3.67. The number of amides is 1. The van der Waals surface area contributed by atoms with Crippen molar-refractivity contribution in [3.05, 3.63) is 63.7 Å². The molecule has 0 saturated heterocycles. The smallest absolute Gasteiger partial charge is 0.239 e. The molecule has 0 aliphatic carbocycles. The molecule has 0 bridgehead atoms. The van der Waals surface area contributed by atoms with Gasteiger partial charge in [0.2, 0.25) is 15.9 Å². The number of carbonyl (C=O) groups is 1. The van der Waals surface area contributed by atoms with Gasteiger partial charge in [-0.15, -0.1) is 0 Å². The fourth-order valence-corrected chi connectivity index (χ4v) is 3.82. The minimum absolute atomic E-state index is 0.133. The first-order valence-electron chi connectivity index (χ1n) is 8.13. The maximum Gasteiger partial charge on any atom is 0.239 e. The lowest BCUT2D eigenvalue weighted by atomic mass is 10.1. The highest BCUT2D eigenvalue weighted by Crippen LogP contribution is 2.27. The van der Waals surface area contributed by atoms with Crippen LogP contribution in [0.15, 0.2) is 36.4 Å². The van der Waals surface area contributed by atoms with Crippen molar-refractivity contribution in [1.82, 2.24) is 4.31 Å². The van der Waals surface area contributed by atoms with Crippen LogP contribution in [0.1, 0.15) is 22.3 Å². The van der Waals surface area contributed by atoms with Crippen LogP contribution in [0, 0.1) is 20.8 Å². The van der Waals surface area contributed by atoms with Gasteiger partial charge in [-0.2, -0.15) is 4.31 Å². The van der Waals surface area contributed by atoms with Gasteiger partial charge in [-0.25, -0.2) is 8.42 Å². The zero-order valence-corrected chi connectivity index (χ0v) is 16.9. The van der Waals surface area contributed by atoms with Gasteiger partial charge in [0.05, 0.1) is 23.5 Å². The highest BCUT2D eigenvalue weighted by molar-refractivity contribution is 7.88. The molecule has 2 aromatic rings. The standard InChI is InChI=1S/C19H23ClN2O3S/c1-13-6-5-7-16(9-13)11-22(26(4,24)25)12-18(23)21-19-15(3)8-14(2)10-17(19)20/h5-10H,11-12H2,1-4H3,(H,21,23). The largest absolute Gasteiger partial charge is 0.323 e. The third-order valence-corrected chi connectivity index (χ3v) is 5.42. The van der Waals surface area contributed by atoms with E-state index in [1.165, 1.54) is 0 Å². The highest BCUT2D eigenvalue weighted by atomic mass is 35.5. The third-order valence-electron chi connectivity index (χ3n) is 3.93. The molecule has 1 amide bonds. The molecule has 0 heterocycles. The van der Waals surface area contributed by atoms with Crippen molar-refractivity contribution in [2.75, 3.05) is 18.1 Å². The maximum atomic E-state index is 12.4. The Labute approximate surface area is 160 Å². The van der Waals surface area contributed by atoms with E-state index >= 15 is 0 Å². The quantitative estimate of drug-likeness (QED) is 0.812. The lowest BCUT2D eigenvalue weighted by Gasteiger charge is -2.20. The molecule has 0 atom stereocenters. The molecule has 0 aliphatic heterocycles. The fourth-order valence-electron chi connectivity index (χ4n) is 2.72. The Morgan fingerprint density at radius 1 is 1.12 bits per heavy atom. The minimum Gasteiger partial charge on any atom is -0.323 e. The number of benzene rings is 2. The first-order valence-corrected chi connectivity index (χ1v) is 10.4. The zero-order valence-electron chi connectivity index (χ0n) is 15.3. The highest BCUT2D eigenvalue weighted by Gasteiger charge is 2.21. The number of anilines is 1. The molecule has 0 aliphatic rings. The summed E-state index contributed by atoms with van der Waals surface area (Å²) in [4.78, 5) is 12.4. The molecule has 0 aromatic heterocycles. The molecule has 0 spiro atoms. The molecule has 7 heteroatoms. The van der Waals surface area contributed by atoms with E-state index in [0.717, 1.165) is 32.8 Å². The number of hydrogen-bond acceptors (Lipinski definition) is 3. The Morgan fingerprint density at radius 3 is 2.38 bits per heavy atom. The molecule has 1 N–H and O–H groups in total. The Kier molecular flexibility index (Phi) is 6.44. The molecule has 140 valence electrons. The summed E-state index contributed by atoms with van der Waals surface area (Å²) in [6, 6.07) is 11.2. The molecule has 0 unspecified atom stereocenters. The summed E-state index contributed by atoms with van der Waals surface area (Å²) in [5, 5.41) is 3.16. The molecule has 5 nitrogen and oxygen atoms in total. The van der Waals surface area contributed by atoms with Crippen LogP contribution < -0.4 is 5.32 Å². The van der Waals surface area contributed by atoms with Crippen LogP contribution >= 0.6 is 11.6 Å². The zero-order chi connectivity index (χ0) is 19.5. The van der Waals surface area contributed by atoms with Gasteiger partial charge in [0.1, 0.15) is 0 Å². The average Bonchev–Trinajstić information content (AvgIpc) is 2.49. The van der Waals surface area contributed by atoms with Crippen LogP contribution in [0.25, 0.3) is 0 Å². The third kappa shape index (κ3) is 5.56. The first kappa shape index (κ1) is 20.4. The minimum atomic E-state index is -3.55. The van der Waals surface area contributed by atoms with Crippen LogP contribution in [0.2, 0.25) is 5.02 Å². The number of sulfonamides is 1. The summed E-state index contributed by atoms with van der Waals surface area (Å²) in [6.07, 6.45) is 1.10. The Morgan fingerprint density at radius 2 is 1.81 bits per heavy atom. The monoisotopic (exact) mass is 394 g/mol. The molecule has 0 saturated carbocycles. The lowest BCUT2D eigenvalue weighted by molar-refractivity contribution is -0.116. The molecule has 0 radical (unpaired) electrons. The Hall–Kier alpha value is -1.89. The van der Waals surface area contributed by atoms with Gasteiger partial charge in [0.25, 0.3) is 0 Å². The summed E-state index contributed by atoms with van der Waals surface area (Å²) in [5.41, 5.74) is 4.18. The number of rotatable bonds is 6. The van der Waals surface area contributed by atoms with Gasteiger partial charge in [0.15, 0.2) is 0 Å². The van der Waals surface area contributed by atoms with E-state index in [9.17, 15) is 13.2 Å². The summed E-state index contributed by atoms with van der Waals surface area (Å²) >= 11 is 6.21. The SMILES string of the molecule is Cc1cccc(CN(CC(=O)Nc2c(C)cc(C)cc2Cl)S(C)(=O)=O)c1. The molecular formula is C19H23ClN2O3S. The fraction of sp³-hybridized carbons (Fsp3) is 0.316. The Bertz CT molecular complexity index is 903. The van der Waals surface area contributed by atoms with E-state index in [4.69, 9.17) is 11.6 Å². The van der Waals surface area contributed by atoms with Crippen LogP contribution in [-0.4, -0.2) is 31.4 Å². The number of halogens is 1. The summed E-state index contributed by atoms with van der Waals surface area (Å²) < 4.78 is 25.4. The summed E-state index contributed by atoms with van der Waals surface area (Å²) in [5.74, 6) is -0.433. The number of nitrogens with zero attached hydrogens (tertiary/aromatic N) is 1. The molecule has 2 aromatic carbocycles. The second-order valence-corrected chi connectivity index (χ2v) is 8.90. The second kappa shape index (κ2) is 8.20. The number of aryl methyl sites for hydroxylation is 3. The van der Waals surface area contributed by atoms with Gasteiger partial charge in [-0.05, 0) is 43.5 Å². The Balaban J connectivity index is 2.17. The normalized spacial score (nSPS) is 11.6. The predicted molar refractivity (Wildman–Crippen MR) is 106 cm³/mol. The topological polar surface area (TPSA) is 66.5 Å². The molecule has 2 rings (SSSR count).